The largest absolute Gasteiger partial charge is 0.393 e. The maximum absolute atomic E-state index is 11.5. The van der Waals surface area contributed by atoms with Gasteiger partial charge in [-0.2, -0.15) is 0 Å². The van der Waals surface area contributed by atoms with Gasteiger partial charge in [0.1, 0.15) is 0 Å². The lowest BCUT2D eigenvalue weighted by molar-refractivity contribution is -0.115. The zero-order chi connectivity index (χ0) is 11.5. The van der Waals surface area contributed by atoms with E-state index in [-0.39, 0.29) is 5.91 Å². The number of hydrogen-bond acceptors (Lipinski definition) is 3. The minimum absolute atomic E-state index is 0.00152. The topological polar surface area (TPSA) is 58.4 Å². The average Bonchev–Trinajstić information content (AvgIpc) is 2.25. The molecule has 0 radical (unpaired) electrons. The Bertz CT molecular complexity index is 433. The van der Waals surface area contributed by atoms with E-state index in [2.05, 4.69) is 5.32 Å². The molecule has 1 aliphatic rings. The Morgan fingerprint density at radius 1 is 1.50 bits per heavy atom. The van der Waals surface area contributed by atoms with E-state index in [1.807, 2.05) is 29.2 Å². The summed E-state index contributed by atoms with van der Waals surface area (Å²) < 4.78 is 0. The maximum Gasteiger partial charge on any atom is 0.243 e. The molecule has 3 N–H and O–H groups in total. The lowest BCUT2D eigenvalue weighted by atomic mass is 10.2. The summed E-state index contributed by atoms with van der Waals surface area (Å²) in [7, 11) is 0. The molecule has 1 aromatic rings. The van der Waals surface area contributed by atoms with Gasteiger partial charge in [-0.25, -0.2) is 0 Å². The summed E-state index contributed by atoms with van der Waals surface area (Å²) >= 11 is 4.84. The quantitative estimate of drug-likeness (QED) is 0.771. The number of para-hydroxylation sites is 2. The summed E-state index contributed by atoms with van der Waals surface area (Å²) in [6.07, 6.45) is 0.622. The molecule has 1 heterocycles. The van der Waals surface area contributed by atoms with Gasteiger partial charge in [0.25, 0.3) is 0 Å². The fraction of sp³-hybridized carbons (Fsp3) is 0.273. The average molecular weight is 235 g/mol. The summed E-state index contributed by atoms with van der Waals surface area (Å²) in [5.74, 6) is 0.00152. The van der Waals surface area contributed by atoms with Crippen LogP contribution in [-0.4, -0.2) is 24.0 Å². The molecule has 0 fully saturated rings. The molecule has 0 atom stereocenters. The van der Waals surface area contributed by atoms with E-state index >= 15 is 0 Å². The minimum Gasteiger partial charge on any atom is -0.393 e. The standard InChI is InChI=1S/C11H13N3OS/c12-10(16)5-6-14-7-11(15)13-8-3-1-2-4-9(8)14/h1-4H,5-7H2,(H2,12,16)(H,13,15). The van der Waals surface area contributed by atoms with Crippen molar-refractivity contribution in [3.05, 3.63) is 24.3 Å². The van der Waals surface area contributed by atoms with Gasteiger partial charge in [-0.05, 0) is 12.1 Å². The van der Waals surface area contributed by atoms with Crippen molar-refractivity contribution >= 4 is 34.5 Å². The fourth-order valence-electron chi connectivity index (χ4n) is 1.75. The molecule has 0 spiro atoms. The third-order valence-corrected chi connectivity index (χ3v) is 2.69. The molecule has 0 bridgehead atoms. The molecular weight excluding hydrogens is 222 g/mol. The van der Waals surface area contributed by atoms with Crippen LogP contribution in [0.5, 0.6) is 0 Å². The van der Waals surface area contributed by atoms with Gasteiger partial charge in [0.2, 0.25) is 5.91 Å². The van der Waals surface area contributed by atoms with Crippen LogP contribution in [0.2, 0.25) is 0 Å². The molecule has 0 saturated heterocycles. The number of hydrogen-bond donors (Lipinski definition) is 2. The van der Waals surface area contributed by atoms with E-state index in [0.29, 0.717) is 24.5 Å². The Morgan fingerprint density at radius 3 is 3.00 bits per heavy atom. The van der Waals surface area contributed by atoms with Gasteiger partial charge < -0.3 is 16.0 Å². The predicted octanol–water partition coefficient (Wildman–Crippen LogP) is 1.12. The van der Waals surface area contributed by atoms with Crippen molar-refractivity contribution in [1.82, 2.24) is 0 Å². The number of nitrogens with two attached hydrogens (primary N) is 1. The molecule has 1 amide bonds. The third kappa shape index (κ3) is 2.30. The van der Waals surface area contributed by atoms with Crippen LogP contribution in [0, 0.1) is 0 Å². The van der Waals surface area contributed by atoms with Crippen LogP contribution >= 0.6 is 12.2 Å². The van der Waals surface area contributed by atoms with E-state index in [4.69, 9.17) is 18.0 Å². The first kappa shape index (κ1) is 10.9. The van der Waals surface area contributed by atoms with E-state index in [9.17, 15) is 4.79 Å². The lowest BCUT2D eigenvalue weighted by Gasteiger charge is -2.30. The smallest absolute Gasteiger partial charge is 0.243 e. The number of carbonyl (C=O) groups excluding carboxylic acids is 1. The molecule has 0 unspecified atom stereocenters. The van der Waals surface area contributed by atoms with Crippen molar-refractivity contribution in [2.24, 2.45) is 5.73 Å². The number of fused-ring (bicyclic) bond motifs is 1. The van der Waals surface area contributed by atoms with E-state index in [1.54, 1.807) is 0 Å². The highest BCUT2D eigenvalue weighted by molar-refractivity contribution is 7.80. The number of rotatable bonds is 3. The van der Waals surface area contributed by atoms with E-state index < -0.39 is 0 Å². The molecule has 2 rings (SSSR count). The van der Waals surface area contributed by atoms with Crippen LogP contribution in [0.4, 0.5) is 11.4 Å². The second-order valence-corrected chi connectivity index (χ2v) is 4.23. The van der Waals surface area contributed by atoms with Crippen LogP contribution in [0.1, 0.15) is 6.42 Å². The van der Waals surface area contributed by atoms with Crippen molar-refractivity contribution in [3.8, 4) is 0 Å². The van der Waals surface area contributed by atoms with Crippen LogP contribution < -0.4 is 16.0 Å². The number of anilines is 2. The molecule has 0 saturated carbocycles. The lowest BCUT2D eigenvalue weighted by Crippen LogP contribution is -2.39. The molecule has 1 aliphatic heterocycles. The van der Waals surface area contributed by atoms with Crippen molar-refractivity contribution in [1.29, 1.82) is 0 Å². The van der Waals surface area contributed by atoms with Crippen LogP contribution in [0.15, 0.2) is 24.3 Å². The fourth-order valence-corrected chi connectivity index (χ4v) is 1.84. The number of nitrogens with one attached hydrogen (secondary N) is 1. The second kappa shape index (κ2) is 4.49. The first-order valence-electron chi connectivity index (χ1n) is 5.09. The highest BCUT2D eigenvalue weighted by Gasteiger charge is 2.20. The Balaban J connectivity index is 2.20. The van der Waals surface area contributed by atoms with Gasteiger partial charge in [-0.1, -0.05) is 24.4 Å². The van der Waals surface area contributed by atoms with Crippen molar-refractivity contribution in [2.45, 2.75) is 6.42 Å². The number of thiocarbonyl (C=S) groups is 1. The molecule has 4 nitrogen and oxygen atoms in total. The molecule has 0 aliphatic carbocycles. The van der Waals surface area contributed by atoms with Gasteiger partial charge >= 0.3 is 0 Å². The summed E-state index contributed by atoms with van der Waals surface area (Å²) in [5.41, 5.74) is 7.34. The van der Waals surface area contributed by atoms with Crippen LogP contribution in [-0.2, 0) is 4.79 Å². The first-order chi connectivity index (χ1) is 7.66. The summed E-state index contributed by atoms with van der Waals surface area (Å²) in [5, 5.41) is 2.83. The summed E-state index contributed by atoms with van der Waals surface area (Å²) in [6.45, 7) is 1.04. The molecule has 5 heteroatoms. The van der Waals surface area contributed by atoms with Crippen LogP contribution in [0.25, 0.3) is 0 Å². The zero-order valence-corrected chi connectivity index (χ0v) is 9.59. The number of benzene rings is 1. The number of nitrogens with zero attached hydrogens (tertiary/aromatic N) is 1. The third-order valence-electron chi connectivity index (χ3n) is 2.48. The van der Waals surface area contributed by atoms with Gasteiger partial charge in [0.05, 0.1) is 22.9 Å². The minimum atomic E-state index is 0.00152. The normalized spacial score (nSPS) is 14.2. The van der Waals surface area contributed by atoms with Crippen LogP contribution in [0.3, 0.4) is 0 Å². The molecule has 0 aromatic heterocycles. The van der Waals surface area contributed by atoms with Crippen molar-refractivity contribution in [2.75, 3.05) is 23.3 Å². The van der Waals surface area contributed by atoms with Crippen molar-refractivity contribution < 1.29 is 4.79 Å². The summed E-state index contributed by atoms with van der Waals surface area (Å²) in [4.78, 5) is 13.9. The van der Waals surface area contributed by atoms with Crippen molar-refractivity contribution in [3.63, 3.8) is 0 Å². The SMILES string of the molecule is NC(=S)CCN1CC(=O)Nc2ccccc21. The molecule has 1 aromatic carbocycles. The first-order valence-corrected chi connectivity index (χ1v) is 5.50. The Labute approximate surface area is 99.4 Å². The Morgan fingerprint density at radius 2 is 2.25 bits per heavy atom. The molecule has 84 valence electrons. The summed E-state index contributed by atoms with van der Waals surface area (Å²) in [6, 6.07) is 7.72. The van der Waals surface area contributed by atoms with Gasteiger partial charge in [0.15, 0.2) is 0 Å². The number of amides is 1. The monoisotopic (exact) mass is 235 g/mol. The Kier molecular flexibility index (Phi) is 3.05. The highest BCUT2D eigenvalue weighted by atomic mass is 32.1. The maximum atomic E-state index is 11.5. The Hall–Kier alpha value is -1.62. The highest BCUT2D eigenvalue weighted by Crippen LogP contribution is 2.28. The van der Waals surface area contributed by atoms with E-state index in [0.717, 1.165) is 11.4 Å². The molecular formula is C11H13N3OS. The zero-order valence-electron chi connectivity index (χ0n) is 8.77. The van der Waals surface area contributed by atoms with Gasteiger partial charge in [-0.3, -0.25) is 4.79 Å². The predicted molar refractivity (Wildman–Crippen MR) is 68.7 cm³/mol. The van der Waals surface area contributed by atoms with Gasteiger partial charge in [0, 0.05) is 13.0 Å². The van der Waals surface area contributed by atoms with E-state index in [1.165, 1.54) is 0 Å². The number of carbonyl (C=O) groups is 1. The van der Waals surface area contributed by atoms with Gasteiger partial charge in [-0.15, -0.1) is 0 Å². The second-order valence-electron chi connectivity index (χ2n) is 3.70. The molecule has 16 heavy (non-hydrogen) atoms.